The smallest absolute Gasteiger partial charge is 0.206 e. The fourth-order valence-electron chi connectivity index (χ4n) is 2.02. The molecule has 0 aliphatic heterocycles. The molecule has 0 spiro atoms. The lowest BCUT2D eigenvalue weighted by Gasteiger charge is -2.14. The number of nitrogens with one attached hydrogen (secondary N) is 2. The van der Waals surface area contributed by atoms with Crippen LogP contribution in [0.2, 0.25) is 0 Å². The van der Waals surface area contributed by atoms with E-state index in [1.807, 2.05) is 12.3 Å². The Morgan fingerprint density at radius 3 is 2.94 bits per heavy atom. The molecule has 1 saturated carbocycles. The standard InChI is InChI=1S/C11H19N5S/c1-8-7-17-10(14-8)6-13-11(16-12)15-9-4-2-3-5-9/h7,9H,2-6,12H2,1H3,(H2,13,15,16). The number of guanidine groups is 1. The predicted octanol–water partition coefficient (Wildman–Crippen LogP) is 1.30. The van der Waals surface area contributed by atoms with Crippen LogP contribution in [0.5, 0.6) is 0 Å². The molecule has 1 aromatic rings. The molecule has 5 nitrogen and oxygen atoms in total. The maximum atomic E-state index is 5.46. The number of aliphatic imine (C=N–C) groups is 1. The van der Waals surface area contributed by atoms with Crippen molar-refractivity contribution < 1.29 is 0 Å². The number of nitrogens with two attached hydrogens (primary N) is 1. The van der Waals surface area contributed by atoms with E-state index in [2.05, 4.69) is 20.7 Å². The Morgan fingerprint density at radius 1 is 1.59 bits per heavy atom. The molecule has 0 amide bonds. The summed E-state index contributed by atoms with van der Waals surface area (Å²) in [4.78, 5) is 8.77. The van der Waals surface area contributed by atoms with Crippen LogP contribution in [0, 0.1) is 6.92 Å². The Hall–Kier alpha value is -1.14. The summed E-state index contributed by atoms with van der Waals surface area (Å²) in [5.41, 5.74) is 3.67. The van der Waals surface area contributed by atoms with Gasteiger partial charge in [0, 0.05) is 17.1 Å². The minimum atomic E-state index is 0.517. The lowest BCUT2D eigenvalue weighted by Crippen LogP contribution is -2.45. The Morgan fingerprint density at radius 2 is 2.35 bits per heavy atom. The number of rotatable bonds is 3. The first-order valence-electron chi connectivity index (χ1n) is 5.96. The van der Waals surface area contributed by atoms with Crippen molar-refractivity contribution in [2.24, 2.45) is 10.8 Å². The molecule has 0 saturated heterocycles. The molecule has 94 valence electrons. The summed E-state index contributed by atoms with van der Waals surface area (Å²) in [6.45, 7) is 2.57. The summed E-state index contributed by atoms with van der Waals surface area (Å²) in [6, 6.07) is 0.517. The summed E-state index contributed by atoms with van der Waals surface area (Å²) in [7, 11) is 0. The van der Waals surface area contributed by atoms with Gasteiger partial charge in [0.25, 0.3) is 0 Å². The second-order valence-electron chi connectivity index (χ2n) is 4.32. The van der Waals surface area contributed by atoms with Crippen molar-refractivity contribution in [3.63, 3.8) is 0 Å². The summed E-state index contributed by atoms with van der Waals surface area (Å²) in [5.74, 6) is 6.13. The van der Waals surface area contributed by atoms with Crippen LogP contribution >= 0.6 is 11.3 Å². The van der Waals surface area contributed by atoms with E-state index in [1.54, 1.807) is 11.3 Å². The Bertz CT molecular complexity index is 381. The van der Waals surface area contributed by atoms with E-state index in [0.717, 1.165) is 10.7 Å². The van der Waals surface area contributed by atoms with Gasteiger partial charge in [-0.3, -0.25) is 5.43 Å². The van der Waals surface area contributed by atoms with Crippen LogP contribution in [-0.4, -0.2) is 17.0 Å². The molecule has 1 aromatic heterocycles. The maximum Gasteiger partial charge on any atom is 0.206 e. The third-order valence-electron chi connectivity index (χ3n) is 2.87. The van der Waals surface area contributed by atoms with Crippen LogP contribution in [0.4, 0.5) is 0 Å². The molecule has 0 aromatic carbocycles. The maximum absolute atomic E-state index is 5.46. The summed E-state index contributed by atoms with van der Waals surface area (Å²) in [6.07, 6.45) is 5.00. The topological polar surface area (TPSA) is 75.3 Å². The second-order valence-corrected chi connectivity index (χ2v) is 5.26. The van der Waals surface area contributed by atoms with Crippen molar-refractivity contribution in [2.75, 3.05) is 0 Å². The molecule has 6 heteroatoms. The normalized spacial score (nSPS) is 17.4. The van der Waals surface area contributed by atoms with Crippen molar-refractivity contribution in [3.8, 4) is 0 Å². The molecule has 4 N–H and O–H groups in total. The van der Waals surface area contributed by atoms with Crippen molar-refractivity contribution >= 4 is 17.3 Å². The molecule has 1 heterocycles. The molecule has 0 unspecified atom stereocenters. The van der Waals surface area contributed by atoms with Crippen LogP contribution in [-0.2, 0) is 6.54 Å². The van der Waals surface area contributed by atoms with Gasteiger partial charge in [-0.15, -0.1) is 11.3 Å². The van der Waals surface area contributed by atoms with Crippen LogP contribution in [0.25, 0.3) is 0 Å². The zero-order valence-electron chi connectivity index (χ0n) is 10.1. The SMILES string of the molecule is Cc1csc(CN=C(NN)NC2CCCC2)n1. The van der Waals surface area contributed by atoms with E-state index < -0.39 is 0 Å². The average Bonchev–Trinajstić information content (AvgIpc) is 2.96. The van der Waals surface area contributed by atoms with Gasteiger partial charge in [0.1, 0.15) is 5.01 Å². The highest BCUT2D eigenvalue weighted by molar-refractivity contribution is 7.09. The number of hydrazine groups is 1. The lowest BCUT2D eigenvalue weighted by atomic mass is 10.2. The highest BCUT2D eigenvalue weighted by Crippen LogP contribution is 2.17. The Balaban J connectivity index is 1.88. The van der Waals surface area contributed by atoms with Gasteiger partial charge in [0.15, 0.2) is 0 Å². The zero-order valence-corrected chi connectivity index (χ0v) is 10.9. The number of nitrogens with zero attached hydrogens (tertiary/aromatic N) is 2. The first-order valence-corrected chi connectivity index (χ1v) is 6.84. The van der Waals surface area contributed by atoms with Gasteiger partial charge in [-0.1, -0.05) is 12.8 Å². The molecule has 2 rings (SSSR count). The third kappa shape index (κ3) is 3.67. The van der Waals surface area contributed by atoms with Gasteiger partial charge in [0.2, 0.25) is 5.96 Å². The van der Waals surface area contributed by atoms with Crippen molar-refractivity contribution in [1.29, 1.82) is 0 Å². The predicted molar refractivity (Wildman–Crippen MR) is 70.7 cm³/mol. The molecular formula is C11H19N5S. The summed E-state index contributed by atoms with van der Waals surface area (Å²) >= 11 is 1.63. The minimum absolute atomic E-state index is 0.517. The first kappa shape index (κ1) is 12.3. The van der Waals surface area contributed by atoms with Crippen LogP contribution < -0.4 is 16.6 Å². The number of thiazole rings is 1. The fourth-order valence-corrected chi connectivity index (χ4v) is 2.71. The number of hydrogen-bond acceptors (Lipinski definition) is 4. The van der Waals surface area contributed by atoms with Gasteiger partial charge in [-0.2, -0.15) is 0 Å². The first-order chi connectivity index (χ1) is 8.28. The van der Waals surface area contributed by atoms with Crippen LogP contribution in [0.1, 0.15) is 36.4 Å². The molecule has 0 radical (unpaired) electrons. The second kappa shape index (κ2) is 5.97. The largest absolute Gasteiger partial charge is 0.353 e. The summed E-state index contributed by atoms with van der Waals surface area (Å²) < 4.78 is 0. The number of aryl methyl sites for hydroxylation is 1. The zero-order chi connectivity index (χ0) is 12.1. The van der Waals surface area contributed by atoms with Gasteiger partial charge >= 0.3 is 0 Å². The quantitative estimate of drug-likeness (QED) is 0.328. The van der Waals surface area contributed by atoms with Crippen LogP contribution in [0.3, 0.4) is 0 Å². The van der Waals surface area contributed by atoms with Crippen molar-refractivity contribution in [3.05, 3.63) is 16.1 Å². The van der Waals surface area contributed by atoms with E-state index in [0.29, 0.717) is 18.5 Å². The van der Waals surface area contributed by atoms with Crippen molar-refractivity contribution in [1.82, 2.24) is 15.7 Å². The molecule has 1 fully saturated rings. The van der Waals surface area contributed by atoms with E-state index >= 15 is 0 Å². The lowest BCUT2D eigenvalue weighted by molar-refractivity contribution is 0.614. The molecular weight excluding hydrogens is 234 g/mol. The Kier molecular flexibility index (Phi) is 4.33. The average molecular weight is 253 g/mol. The number of aromatic nitrogens is 1. The fraction of sp³-hybridized carbons (Fsp3) is 0.636. The molecule has 0 atom stereocenters. The van der Waals surface area contributed by atoms with E-state index in [9.17, 15) is 0 Å². The van der Waals surface area contributed by atoms with E-state index in [1.165, 1.54) is 25.7 Å². The van der Waals surface area contributed by atoms with Crippen molar-refractivity contribution in [2.45, 2.75) is 45.2 Å². The van der Waals surface area contributed by atoms with Gasteiger partial charge in [-0.25, -0.2) is 15.8 Å². The van der Waals surface area contributed by atoms with Gasteiger partial charge in [-0.05, 0) is 19.8 Å². The monoisotopic (exact) mass is 253 g/mol. The van der Waals surface area contributed by atoms with E-state index in [4.69, 9.17) is 5.84 Å². The van der Waals surface area contributed by atoms with Gasteiger partial charge in [0.05, 0.1) is 6.54 Å². The molecule has 17 heavy (non-hydrogen) atoms. The molecule has 1 aliphatic carbocycles. The highest BCUT2D eigenvalue weighted by Gasteiger charge is 2.15. The summed E-state index contributed by atoms with van der Waals surface area (Å²) in [5, 5.41) is 6.38. The molecule has 1 aliphatic rings. The highest BCUT2D eigenvalue weighted by atomic mass is 32.1. The van der Waals surface area contributed by atoms with Gasteiger partial charge < -0.3 is 5.32 Å². The van der Waals surface area contributed by atoms with E-state index in [-0.39, 0.29) is 0 Å². The third-order valence-corrected chi connectivity index (χ3v) is 3.82. The minimum Gasteiger partial charge on any atom is -0.353 e. The molecule has 0 bridgehead atoms. The number of hydrogen-bond donors (Lipinski definition) is 3. The Labute approximate surface area is 106 Å². The van der Waals surface area contributed by atoms with Crippen LogP contribution in [0.15, 0.2) is 10.4 Å².